The monoisotopic (exact) mass is 689 g/mol. The van der Waals surface area contributed by atoms with Crippen LogP contribution in [0.15, 0.2) is 54.7 Å². The molecular weight excluding hydrogens is 647 g/mol. The van der Waals surface area contributed by atoms with E-state index >= 15 is 0 Å². The number of likely N-dealkylation sites (N-methyl/N-ethyl adjacent to an activating group) is 1. The number of carboxylic acid groups (broad SMARTS) is 1. The maximum atomic E-state index is 14.2. The normalized spacial score (nSPS) is 21.4. The molecule has 1 aliphatic carbocycles. The maximum absolute atomic E-state index is 14.2. The summed E-state index contributed by atoms with van der Waals surface area (Å²) >= 11 is 1.74. The summed E-state index contributed by atoms with van der Waals surface area (Å²) in [6.45, 7) is 6.86. The van der Waals surface area contributed by atoms with Crippen LogP contribution < -0.4 is 0 Å². The summed E-state index contributed by atoms with van der Waals surface area (Å²) in [4.78, 5) is 22.6. The van der Waals surface area contributed by atoms with E-state index in [0.717, 1.165) is 61.5 Å². The van der Waals surface area contributed by atoms with Crippen LogP contribution in [-0.4, -0.2) is 64.6 Å². The average Bonchev–Trinajstić information content (AvgIpc) is 3.56. The molecule has 1 N–H and O–H groups in total. The molecule has 2 aromatic carbocycles. The molecule has 1 saturated carbocycles. The number of halogens is 5. The number of aromatic nitrogens is 1. The third-order valence-electron chi connectivity index (χ3n) is 9.14. The van der Waals surface area contributed by atoms with Crippen molar-refractivity contribution in [1.29, 1.82) is 0 Å². The molecule has 2 aliphatic rings. The number of carboxylic acids is 1. The molecule has 2 heterocycles. The summed E-state index contributed by atoms with van der Waals surface area (Å²) in [5.74, 6) is -0.192. The standard InChI is InChI=1S/C33H41F2N3O2S.3ClH/c1-21(2)32(33(39)40)37(3)28-17-25(29(18-28)24-7-5-9-27(35)16-24)20-38-12-10-23(11-13-38)30-19-36-31(41-30)15-22-6-4-8-26(34)14-22;;;/h4-9,14,16,19,21,23,25,28-29,32H,10-13,15,17-18,20H2,1-3H3,(H,39,40);3*1H/t25?,28?,29?,32-;;;/m1.../s1. The fourth-order valence-electron chi connectivity index (χ4n) is 7.08. The number of nitrogens with zero attached hydrogens (tertiary/aromatic N) is 3. The third kappa shape index (κ3) is 9.36. The van der Waals surface area contributed by atoms with Crippen LogP contribution in [0.5, 0.6) is 0 Å². The van der Waals surface area contributed by atoms with Crippen LogP contribution in [0.3, 0.4) is 0 Å². The predicted molar refractivity (Wildman–Crippen MR) is 181 cm³/mol. The highest BCUT2D eigenvalue weighted by Gasteiger charge is 2.41. The molecule has 44 heavy (non-hydrogen) atoms. The lowest BCUT2D eigenvalue weighted by molar-refractivity contribution is -0.145. The van der Waals surface area contributed by atoms with Crippen LogP contribution in [0.2, 0.25) is 0 Å². The van der Waals surface area contributed by atoms with E-state index in [4.69, 9.17) is 0 Å². The first kappa shape index (κ1) is 38.4. The fraction of sp³-hybridized carbons (Fsp3) is 0.515. The van der Waals surface area contributed by atoms with Gasteiger partial charge in [-0.1, -0.05) is 38.1 Å². The summed E-state index contributed by atoms with van der Waals surface area (Å²) in [6, 6.07) is 13.3. The van der Waals surface area contributed by atoms with E-state index in [1.165, 1.54) is 17.0 Å². The van der Waals surface area contributed by atoms with Gasteiger partial charge >= 0.3 is 5.97 Å². The number of piperidine rings is 1. The maximum Gasteiger partial charge on any atom is 0.321 e. The lowest BCUT2D eigenvalue weighted by atomic mass is 9.87. The Balaban J connectivity index is 0.00000225. The van der Waals surface area contributed by atoms with Gasteiger partial charge in [-0.2, -0.15) is 0 Å². The van der Waals surface area contributed by atoms with Crippen LogP contribution in [0, 0.1) is 23.5 Å². The van der Waals surface area contributed by atoms with Gasteiger partial charge in [0.15, 0.2) is 0 Å². The van der Waals surface area contributed by atoms with E-state index in [9.17, 15) is 18.7 Å². The Morgan fingerprint density at radius 2 is 1.70 bits per heavy atom. The number of carbonyl (C=O) groups is 1. The van der Waals surface area contributed by atoms with Crippen molar-refractivity contribution in [2.45, 2.75) is 69.9 Å². The summed E-state index contributed by atoms with van der Waals surface area (Å²) in [6.07, 6.45) is 6.54. The molecule has 244 valence electrons. The molecule has 5 rings (SSSR count). The molecular formula is C33H44Cl3F2N3O2S. The molecule has 1 aromatic heterocycles. The van der Waals surface area contributed by atoms with Gasteiger partial charge < -0.3 is 10.0 Å². The first-order chi connectivity index (χ1) is 19.7. The third-order valence-corrected chi connectivity index (χ3v) is 10.3. The molecule has 3 aromatic rings. The first-order valence-corrected chi connectivity index (χ1v) is 15.6. The molecule has 5 nitrogen and oxygen atoms in total. The summed E-state index contributed by atoms with van der Waals surface area (Å²) in [7, 11) is 1.94. The van der Waals surface area contributed by atoms with Crippen molar-refractivity contribution in [3.8, 4) is 0 Å². The Morgan fingerprint density at radius 1 is 1.05 bits per heavy atom. The Morgan fingerprint density at radius 3 is 2.32 bits per heavy atom. The molecule has 2 fully saturated rings. The molecule has 4 atom stereocenters. The number of benzene rings is 2. The lowest BCUT2D eigenvalue weighted by Gasteiger charge is -2.35. The second kappa shape index (κ2) is 17.2. The quantitative estimate of drug-likeness (QED) is 0.233. The van der Waals surface area contributed by atoms with Gasteiger partial charge in [0.05, 0.1) is 5.01 Å². The first-order valence-electron chi connectivity index (χ1n) is 14.8. The van der Waals surface area contributed by atoms with E-state index in [-0.39, 0.29) is 66.7 Å². The van der Waals surface area contributed by atoms with Gasteiger partial charge in [0.2, 0.25) is 0 Å². The topological polar surface area (TPSA) is 56.7 Å². The minimum atomic E-state index is -0.780. The van der Waals surface area contributed by atoms with E-state index < -0.39 is 12.0 Å². The Bertz CT molecular complexity index is 1340. The minimum Gasteiger partial charge on any atom is -0.480 e. The van der Waals surface area contributed by atoms with Crippen LogP contribution in [-0.2, 0) is 11.2 Å². The second-order valence-electron chi connectivity index (χ2n) is 12.3. The van der Waals surface area contributed by atoms with Gasteiger partial charge in [-0.25, -0.2) is 13.8 Å². The zero-order valence-electron chi connectivity index (χ0n) is 25.4. The summed E-state index contributed by atoms with van der Waals surface area (Å²) in [5.41, 5.74) is 1.96. The molecule has 3 unspecified atom stereocenters. The fourth-order valence-corrected chi connectivity index (χ4v) is 8.20. The highest BCUT2D eigenvalue weighted by molar-refractivity contribution is 7.11. The molecule has 0 amide bonds. The molecule has 1 saturated heterocycles. The van der Waals surface area contributed by atoms with E-state index in [2.05, 4.69) is 14.8 Å². The van der Waals surface area contributed by atoms with Crippen molar-refractivity contribution >= 4 is 54.5 Å². The van der Waals surface area contributed by atoms with Crippen LogP contribution in [0.4, 0.5) is 8.78 Å². The van der Waals surface area contributed by atoms with Crippen molar-refractivity contribution in [1.82, 2.24) is 14.8 Å². The van der Waals surface area contributed by atoms with Gasteiger partial charge in [0.1, 0.15) is 17.7 Å². The highest BCUT2D eigenvalue weighted by atomic mass is 35.5. The zero-order chi connectivity index (χ0) is 29.1. The van der Waals surface area contributed by atoms with Gasteiger partial charge in [-0.3, -0.25) is 9.69 Å². The molecule has 1 aliphatic heterocycles. The lowest BCUT2D eigenvalue weighted by Crippen LogP contribution is -2.47. The smallest absolute Gasteiger partial charge is 0.321 e. The molecule has 0 bridgehead atoms. The summed E-state index contributed by atoms with van der Waals surface area (Å²) < 4.78 is 27.8. The van der Waals surface area contributed by atoms with E-state index in [1.54, 1.807) is 35.6 Å². The highest BCUT2D eigenvalue weighted by Crippen LogP contribution is 2.44. The Labute approximate surface area is 282 Å². The molecule has 11 heteroatoms. The number of likely N-dealkylation sites (tertiary alicyclic amines) is 1. The van der Waals surface area contributed by atoms with Crippen molar-refractivity contribution in [2.24, 2.45) is 11.8 Å². The second-order valence-corrected chi connectivity index (χ2v) is 13.4. The van der Waals surface area contributed by atoms with Crippen molar-refractivity contribution < 1.29 is 18.7 Å². The summed E-state index contributed by atoms with van der Waals surface area (Å²) in [5, 5.41) is 10.9. The number of rotatable bonds is 10. The van der Waals surface area contributed by atoms with E-state index in [1.807, 2.05) is 39.2 Å². The molecule has 0 spiro atoms. The van der Waals surface area contributed by atoms with Gasteiger partial charge in [-0.05, 0) is 105 Å². The predicted octanol–water partition coefficient (Wildman–Crippen LogP) is 8.06. The van der Waals surface area contributed by atoms with E-state index in [0.29, 0.717) is 18.3 Å². The van der Waals surface area contributed by atoms with Crippen LogP contribution in [0.25, 0.3) is 0 Å². The van der Waals surface area contributed by atoms with Crippen molar-refractivity contribution in [3.05, 3.63) is 87.4 Å². The van der Waals surface area contributed by atoms with Gasteiger partial charge in [-0.15, -0.1) is 48.6 Å². The van der Waals surface area contributed by atoms with Crippen molar-refractivity contribution in [3.63, 3.8) is 0 Å². The number of thiazole rings is 1. The minimum absolute atomic E-state index is 0. The SMILES string of the molecule is CC(C)[C@H](C(=O)O)N(C)C1CC(CN2CCC(c3cnc(Cc4cccc(F)c4)s3)CC2)C(c2cccc(F)c2)C1.Cl.Cl.Cl. The molecule has 0 radical (unpaired) electrons. The van der Waals surface area contributed by atoms with Gasteiger partial charge in [0.25, 0.3) is 0 Å². The largest absolute Gasteiger partial charge is 0.480 e. The number of aliphatic carboxylic acids is 1. The number of hydrogen-bond acceptors (Lipinski definition) is 5. The number of hydrogen-bond donors (Lipinski definition) is 1. The van der Waals surface area contributed by atoms with Gasteiger partial charge in [0, 0.05) is 30.1 Å². The zero-order valence-corrected chi connectivity index (χ0v) is 28.7. The average molecular weight is 691 g/mol. The van der Waals surface area contributed by atoms with Crippen LogP contribution in [0.1, 0.15) is 72.4 Å². The Kier molecular flexibility index (Phi) is 15.0. The van der Waals surface area contributed by atoms with Crippen LogP contribution >= 0.6 is 48.6 Å². The Hall–Kier alpha value is -1.81. The van der Waals surface area contributed by atoms with Crippen molar-refractivity contribution in [2.75, 3.05) is 26.7 Å².